The number of aromatic hydroxyl groups is 1. The predicted molar refractivity (Wildman–Crippen MR) is 99.3 cm³/mol. The van der Waals surface area contributed by atoms with Crippen LogP contribution in [0.3, 0.4) is 0 Å². The first-order valence-corrected chi connectivity index (χ1v) is 11.9. The lowest BCUT2D eigenvalue weighted by Crippen LogP contribution is -2.48. The van der Waals surface area contributed by atoms with E-state index in [1.54, 1.807) is 10.9 Å². The number of nitrogens with zero attached hydrogens (tertiary/aromatic N) is 4. The second-order valence-electron chi connectivity index (χ2n) is 8.33. The summed E-state index contributed by atoms with van der Waals surface area (Å²) in [5, 5.41) is 20.7. The third kappa shape index (κ3) is 3.13. The van der Waals surface area contributed by atoms with Crippen LogP contribution in [0.4, 0.5) is 0 Å². The van der Waals surface area contributed by atoms with Crippen LogP contribution < -0.4 is 0 Å². The van der Waals surface area contributed by atoms with Crippen LogP contribution in [-0.4, -0.2) is 56.4 Å². The summed E-state index contributed by atoms with van der Waals surface area (Å²) >= 11 is 0. The highest BCUT2D eigenvalue weighted by Crippen LogP contribution is 2.42. The maximum atomic E-state index is 10.8. The van der Waals surface area contributed by atoms with Crippen molar-refractivity contribution in [2.24, 2.45) is 0 Å². The van der Waals surface area contributed by atoms with Crippen molar-refractivity contribution >= 4 is 19.5 Å². The van der Waals surface area contributed by atoms with Gasteiger partial charge in [-0.15, -0.1) is 0 Å². The van der Waals surface area contributed by atoms with Gasteiger partial charge in [-0.1, -0.05) is 27.7 Å². The fourth-order valence-corrected chi connectivity index (χ4v) is 4.24. The standard InChI is InChI=1S/C17H28N4O4Si/c1-7-10-12(22)13(25-26(5,6)17(2,3)4)16(24-10)21-9-20-11-14(21)18-8-19-15(11)23/h8-10,12-13,16,22H,7H2,1-6H3,(H,18,19,23)/t10-,12-,13-,16-/m1/s1. The zero-order chi connectivity index (χ0) is 19.3. The molecule has 1 saturated heterocycles. The SMILES string of the molecule is CC[C@H]1O[C@@H](n2cnc3c(O)ncnc32)[C@H](O[Si](C)(C)C(C)(C)C)[C@@H]1O. The molecule has 0 saturated carbocycles. The number of ether oxygens (including phenoxy) is 1. The highest BCUT2D eigenvalue weighted by molar-refractivity contribution is 6.74. The normalized spacial score (nSPS) is 27.3. The van der Waals surface area contributed by atoms with Crippen LogP contribution in [0.1, 0.15) is 40.3 Å². The average molecular weight is 381 g/mol. The Morgan fingerprint density at radius 2 is 1.96 bits per heavy atom. The molecule has 0 aromatic carbocycles. The number of aromatic nitrogens is 4. The van der Waals surface area contributed by atoms with Crippen molar-refractivity contribution in [3.05, 3.63) is 12.7 Å². The highest BCUT2D eigenvalue weighted by Gasteiger charge is 2.50. The first-order valence-electron chi connectivity index (χ1n) is 8.94. The molecule has 9 heteroatoms. The van der Waals surface area contributed by atoms with E-state index in [4.69, 9.17) is 9.16 Å². The molecule has 2 aromatic heterocycles. The van der Waals surface area contributed by atoms with Crippen LogP contribution in [0.15, 0.2) is 12.7 Å². The van der Waals surface area contributed by atoms with Gasteiger partial charge in [0.25, 0.3) is 0 Å². The topological polar surface area (TPSA) is 103 Å². The number of aliphatic hydroxyl groups excluding tert-OH is 1. The second kappa shape index (κ2) is 6.56. The fourth-order valence-electron chi connectivity index (χ4n) is 2.95. The van der Waals surface area contributed by atoms with Gasteiger partial charge in [-0.2, -0.15) is 4.98 Å². The van der Waals surface area contributed by atoms with E-state index in [2.05, 4.69) is 48.8 Å². The molecule has 8 nitrogen and oxygen atoms in total. The van der Waals surface area contributed by atoms with Crippen LogP contribution in [-0.2, 0) is 9.16 Å². The molecule has 4 atom stereocenters. The zero-order valence-electron chi connectivity index (χ0n) is 16.2. The largest absolute Gasteiger partial charge is 0.492 e. The molecule has 1 fully saturated rings. The molecular formula is C17H28N4O4Si. The van der Waals surface area contributed by atoms with E-state index in [-0.39, 0.29) is 17.0 Å². The average Bonchev–Trinajstić information content (AvgIpc) is 3.09. The molecule has 1 aliphatic heterocycles. The molecule has 144 valence electrons. The van der Waals surface area contributed by atoms with Gasteiger partial charge in [-0.05, 0) is 24.6 Å². The third-order valence-electron chi connectivity index (χ3n) is 5.57. The Balaban J connectivity index is 2.01. The molecule has 26 heavy (non-hydrogen) atoms. The smallest absolute Gasteiger partial charge is 0.242 e. The molecule has 0 aliphatic carbocycles. The summed E-state index contributed by atoms with van der Waals surface area (Å²) in [6.07, 6.45) is 1.33. The quantitative estimate of drug-likeness (QED) is 0.786. The minimum absolute atomic E-state index is 0.000977. The zero-order valence-corrected chi connectivity index (χ0v) is 17.2. The summed E-state index contributed by atoms with van der Waals surface area (Å²) in [6, 6.07) is 0. The Hall–Kier alpha value is -1.55. The highest BCUT2D eigenvalue weighted by atomic mass is 28.4. The van der Waals surface area contributed by atoms with E-state index >= 15 is 0 Å². The summed E-state index contributed by atoms with van der Waals surface area (Å²) in [6.45, 7) is 12.7. The van der Waals surface area contributed by atoms with Gasteiger partial charge in [0.05, 0.1) is 12.4 Å². The molecule has 3 rings (SSSR count). The van der Waals surface area contributed by atoms with Gasteiger partial charge in [0.15, 0.2) is 25.7 Å². The molecule has 0 unspecified atom stereocenters. The maximum Gasteiger partial charge on any atom is 0.242 e. The molecule has 1 aliphatic rings. The van der Waals surface area contributed by atoms with Gasteiger partial charge in [0.1, 0.15) is 18.5 Å². The number of imidazole rings is 1. The number of aliphatic hydroxyl groups is 1. The van der Waals surface area contributed by atoms with Crippen molar-refractivity contribution in [3.8, 4) is 5.88 Å². The minimum atomic E-state index is -2.14. The molecule has 2 N–H and O–H groups in total. The van der Waals surface area contributed by atoms with E-state index in [1.807, 2.05) is 6.92 Å². The lowest BCUT2D eigenvalue weighted by molar-refractivity contribution is -0.0325. The Morgan fingerprint density at radius 1 is 1.27 bits per heavy atom. The third-order valence-corrected chi connectivity index (χ3v) is 10.0. The van der Waals surface area contributed by atoms with Crippen LogP contribution in [0, 0.1) is 0 Å². The summed E-state index contributed by atoms with van der Waals surface area (Å²) in [7, 11) is -2.14. The molecule has 0 spiro atoms. The van der Waals surface area contributed by atoms with Crippen molar-refractivity contribution in [1.82, 2.24) is 19.5 Å². The molecule has 2 aromatic rings. The number of fused-ring (bicyclic) bond motifs is 1. The first kappa shape index (κ1) is 19.2. The lowest BCUT2D eigenvalue weighted by atomic mass is 10.1. The molecule has 0 amide bonds. The van der Waals surface area contributed by atoms with E-state index < -0.39 is 26.8 Å². The lowest BCUT2D eigenvalue weighted by Gasteiger charge is -2.40. The maximum absolute atomic E-state index is 10.8. The monoisotopic (exact) mass is 380 g/mol. The van der Waals surface area contributed by atoms with Crippen molar-refractivity contribution in [2.75, 3.05) is 0 Å². The molecule has 0 bridgehead atoms. The van der Waals surface area contributed by atoms with Crippen molar-refractivity contribution in [3.63, 3.8) is 0 Å². The number of hydrogen-bond acceptors (Lipinski definition) is 7. The predicted octanol–water partition coefficient (Wildman–Crippen LogP) is 2.59. The van der Waals surface area contributed by atoms with E-state index in [1.165, 1.54) is 6.33 Å². The summed E-state index contributed by atoms with van der Waals surface area (Å²) in [4.78, 5) is 12.2. The van der Waals surface area contributed by atoms with Gasteiger partial charge in [0.2, 0.25) is 5.88 Å². The van der Waals surface area contributed by atoms with Gasteiger partial charge < -0.3 is 19.4 Å². The van der Waals surface area contributed by atoms with Crippen LogP contribution in [0.5, 0.6) is 5.88 Å². The Kier molecular flexibility index (Phi) is 4.85. The van der Waals surface area contributed by atoms with E-state index in [0.717, 1.165) is 0 Å². The molecule has 3 heterocycles. The Bertz CT molecular complexity index is 789. The summed E-state index contributed by atoms with van der Waals surface area (Å²) in [5.41, 5.74) is 0.756. The Labute approximate surface area is 154 Å². The molecule has 0 radical (unpaired) electrons. The summed E-state index contributed by atoms with van der Waals surface area (Å²) < 4.78 is 14.4. The van der Waals surface area contributed by atoms with E-state index in [9.17, 15) is 10.2 Å². The van der Waals surface area contributed by atoms with Crippen LogP contribution >= 0.6 is 0 Å². The Morgan fingerprint density at radius 3 is 2.58 bits per heavy atom. The van der Waals surface area contributed by atoms with Crippen molar-refractivity contribution in [1.29, 1.82) is 0 Å². The van der Waals surface area contributed by atoms with Gasteiger partial charge >= 0.3 is 0 Å². The van der Waals surface area contributed by atoms with Gasteiger partial charge in [-0.25, -0.2) is 9.97 Å². The summed E-state index contributed by atoms with van der Waals surface area (Å²) in [5.74, 6) is -0.179. The van der Waals surface area contributed by atoms with Gasteiger partial charge in [0, 0.05) is 0 Å². The van der Waals surface area contributed by atoms with E-state index in [0.29, 0.717) is 17.6 Å². The fraction of sp³-hybridized carbons (Fsp3) is 0.706. The minimum Gasteiger partial charge on any atom is -0.492 e. The van der Waals surface area contributed by atoms with Crippen molar-refractivity contribution in [2.45, 2.75) is 76.8 Å². The van der Waals surface area contributed by atoms with Crippen LogP contribution in [0.2, 0.25) is 18.1 Å². The first-order chi connectivity index (χ1) is 12.1. The van der Waals surface area contributed by atoms with Crippen LogP contribution in [0.25, 0.3) is 11.2 Å². The van der Waals surface area contributed by atoms with Crippen molar-refractivity contribution < 1.29 is 19.4 Å². The number of rotatable bonds is 4. The second-order valence-corrected chi connectivity index (χ2v) is 13.1. The van der Waals surface area contributed by atoms with Gasteiger partial charge in [-0.3, -0.25) is 4.57 Å². The number of hydrogen-bond donors (Lipinski definition) is 2. The molecular weight excluding hydrogens is 352 g/mol.